The monoisotopic (exact) mass is 310 g/mol. The molecule has 1 saturated heterocycles. The van der Waals surface area contributed by atoms with Crippen molar-refractivity contribution in [2.45, 2.75) is 57.4 Å². The number of allylic oxidation sites excluding steroid dienone is 1. The van der Waals surface area contributed by atoms with Crippen molar-refractivity contribution in [2.24, 2.45) is 11.8 Å². The minimum absolute atomic E-state index is 0.189. The Kier molecular flexibility index (Phi) is 4.19. The van der Waals surface area contributed by atoms with Crippen LogP contribution in [0.3, 0.4) is 0 Å². The average molecular weight is 310 g/mol. The van der Waals surface area contributed by atoms with Crippen LogP contribution in [0.25, 0.3) is 6.08 Å². The first-order valence-corrected chi connectivity index (χ1v) is 9.25. The lowest BCUT2D eigenvalue weighted by atomic mass is 9.89. The molecule has 0 N–H and O–H groups in total. The van der Waals surface area contributed by atoms with Crippen molar-refractivity contribution < 1.29 is 4.79 Å². The normalized spacial score (nSPS) is 27.9. The van der Waals surface area contributed by atoms with E-state index in [1.807, 2.05) is 12.1 Å². The molecule has 0 radical (unpaired) electrons. The highest BCUT2D eigenvalue weighted by Crippen LogP contribution is 2.38. The summed E-state index contributed by atoms with van der Waals surface area (Å²) in [5.74, 6) is 1.59. The summed E-state index contributed by atoms with van der Waals surface area (Å²) in [5, 5.41) is 0. The third-order valence-electron chi connectivity index (χ3n) is 5.92. The number of nitrogens with zero attached hydrogens (tertiary/aromatic N) is 2. The van der Waals surface area contributed by atoms with E-state index in [1.54, 1.807) is 6.20 Å². The van der Waals surface area contributed by atoms with Gasteiger partial charge in [0.2, 0.25) is 0 Å². The Morgan fingerprint density at radius 1 is 1.17 bits per heavy atom. The van der Waals surface area contributed by atoms with Gasteiger partial charge in [-0.1, -0.05) is 25.3 Å². The van der Waals surface area contributed by atoms with Gasteiger partial charge in [-0.05, 0) is 62.1 Å². The number of carbonyl (C=O) groups is 1. The summed E-state index contributed by atoms with van der Waals surface area (Å²) in [6, 6.07) is 4.31. The number of carbonyl (C=O) groups excluding carboxylic acids is 1. The molecule has 1 amide bonds. The summed E-state index contributed by atoms with van der Waals surface area (Å²) < 4.78 is 0. The molecule has 4 rings (SSSR count). The number of fused-ring (bicyclic) bond motifs is 2. The average Bonchev–Trinajstić information content (AvgIpc) is 3.24. The van der Waals surface area contributed by atoms with Gasteiger partial charge in [0.25, 0.3) is 5.91 Å². The summed E-state index contributed by atoms with van der Waals surface area (Å²) in [7, 11) is 0. The Bertz CT molecular complexity index is 603. The zero-order chi connectivity index (χ0) is 15.6. The molecule has 2 heterocycles. The molecule has 0 aromatic carbocycles. The van der Waals surface area contributed by atoms with Gasteiger partial charge in [-0.2, -0.15) is 0 Å². The van der Waals surface area contributed by atoms with Gasteiger partial charge in [-0.3, -0.25) is 9.78 Å². The van der Waals surface area contributed by atoms with E-state index < -0.39 is 0 Å². The number of piperidine rings is 1. The molecule has 2 atom stereocenters. The lowest BCUT2D eigenvalue weighted by molar-refractivity contribution is 0.0703. The third kappa shape index (κ3) is 3.06. The first-order valence-electron chi connectivity index (χ1n) is 9.25. The first kappa shape index (κ1) is 14.9. The van der Waals surface area contributed by atoms with Crippen molar-refractivity contribution in [1.29, 1.82) is 0 Å². The molecule has 2 saturated carbocycles. The molecule has 3 nitrogen and oxygen atoms in total. The molecular formula is C20H26N2O. The minimum Gasteiger partial charge on any atom is -0.335 e. The lowest BCUT2D eigenvalue weighted by Gasteiger charge is -2.27. The number of amides is 1. The highest BCUT2D eigenvalue weighted by molar-refractivity contribution is 5.97. The molecule has 2 bridgehead atoms. The zero-order valence-electron chi connectivity index (χ0n) is 13.8. The van der Waals surface area contributed by atoms with E-state index in [9.17, 15) is 4.79 Å². The number of rotatable bonds is 3. The molecule has 0 spiro atoms. The molecule has 3 heteroatoms. The number of aromatic nitrogens is 1. The van der Waals surface area contributed by atoms with Crippen molar-refractivity contribution in [2.75, 3.05) is 6.54 Å². The van der Waals surface area contributed by atoms with Gasteiger partial charge >= 0.3 is 0 Å². The summed E-state index contributed by atoms with van der Waals surface area (Å²) in [5.41, 5.74) is 1.64. The molecule has 3 fully saturated rings. The van der Waals surface area contributed by atoms with E-state index in [4.69, 9.17) is 0 Å². The Hall–Kier alpha value is -1.64. The topological polar surface area (TPSA) is 33.2 Å². The Morgan fingerprint density at radius 2 is 2.04 bits per heavy atom. The molecule has 122 valence electrons. The summed E-state index contributed by atoms with van der Waals surface area (Å²) in [6.45, 7) is 0.949. The van der Waals surface area contributed by atoms with Crippen LogP contribution in [0.15, 0.2) is 24.4 Å². The van der Waals surface area contributed by atoms with Gasteiger partial charge in [0.15, 0.2) is 0 Å². The molecule has 0 unspecified atom stereocenters. The molecule has 2 aliphatic carbocycles. The fraction of sp³-hybridized carbons (Fsp3) is 0.600. The summed E-state index contributed by atoms with van der Waals surface area (Å²) >= 11 is 0. The summed E-state index contributed by atoms with van der Waals surface area (Å²) in [6.07, 6.45) is 16.5. The molecule has 23 heavy (non-hydrogen) atoms. The van der Waals surface area contributed by atoms with Crippen LogP contribution in [-0.2, 0) is 0 Å². The van der Waals surface area contributed by atoms with Crippen LogP contribution in [0.1, 0.15) is 67.4 Å². The minimum atomic E-state index is 0.189. The van der Waals surface area contributed by atoms with Crippen LogP contribution < -0.4 is 0 Å². The zero-order valence-corrected chi connectivity index (χ0v) is 13.8. The fourth-order valence-corrected chi connectivity index (χ4v) is 4.61. The summed E-state index contributed by atoms with van der Waals surface area (Å²) in [4.78, 5) is 19.5. The van der Waals surface area contributed by atoms with E-state index in [2.05, 4.69) is 22.0 Å². The van der Waals surface area contributed by atoms with E-state index in [-0.39, 0.29) is 5.91 Å². The second kappa shape index (κ2) is 6.46. The number of pyridine rings is 1. The van der Waals surface area contributed by atoms with Gasteiger partial charge in [-0.15, -0.1) is 0 Å². The Labute approximate surface area is 138 Å². The first-order chi connectivity index (χ1) is 11.3. The number of hydrogen-bond acceptors (Lipinski definition) is 2. The van der Waals surface area contributed by atoms with Crippen molar-refractivity contribution >= 4 is 12.0 Å². The quantitative estimate of drug-likeness (QED) is 0.834. The molecule has 1 aliphatic heterocycles. The maximum Gasteiger partial charge on any atom is 0.256 e. The predicted molar refractivity (Wildman–Crippen MR) is 92.0 cm³/mol. The van der Waals surface area contributed by atoms with E-state index in [0.717, 1.165) is 23.7 Å². The molecular weight excluding hydrogens is 284 g/mol. The maximum absolute atomic E-state index is 13.0. The Balaban J connectivity index is 1.52. The lowest BCUT2D eigenvalue weighted by Crippen LogP contribution is -2.38. The molecule has 1 aromatic heterocycles. The van der Waals surface area contributed by atoms with Crippen LogP contribution in [0, 0.1) is 11.8 Å². The van der Waals surface area contributed by atoms with Gasteiger partial charge < -0.3 is 4.90 Å². The predicted octanol–water partition coefficient (Wildman–Crippen LogP) is 4.30. The van der Waals surface area contributed by atoms with Crippen LogP contribution in [0.4, 0.5) is 0 Å². The third-order valence-corrected chi connectivity index (χ3v) is 5.92. The van der Waals surface area contributed by atoms with Gasteiger partial charge in [0, 0.05) is 18.8 Å². The maximum atomic E-state index is 13.0. The van der Waals surface area contributed by atoms with E-state index in [0.29, 0.717) is 12.0 Å². The van der Waals surface area contributed by atoms with Gasteiger partial charge in [0.05, 0.1) is 11.3 Å². The van der Waals surface area contributed by atoms with Crippen molar-refractivity contribution in [3.05, 3.63) is 35.7 Å². The van der Waals surface area contributed by atoms with E-state index >= 15 is 0 Å². The Morgan fingerprint density at radius 3 is 2.78 bits per heavy atom. The number of likely N-dealkylation sites (tertiary alicyclic amines) is 1. The number of hydrogen-bond donors (Lipinski definition) is 0. The SMILES string of the molecule is O=C(c1cccnc1/C=C/C1CCCCC1)N1C[C@@H]2CC[C@H]1C2. The van der Waals surface area contributed by atoms with Crippen LogP contribution in [0.5, 0.6) is 0 Å². The van der Waals surface area contributed by atoms with Crippen LogP contribution in [0.2, 0.25) is 0 Å². The molecule has 3 aliphatic rings. The van der Waals surface area contributed by atoms with Crippen LogP contribution >= 0.6 is 0 Å². The largest absolute Gasteiger partial charge is 0.335 e. The second-order valence-corrected chi connectivity index (χ2v) is 7.48. The van der Waals surface area contributed by atoms with Crippen molar-refractivity contribution in [3.63, 3.8) is 0 Å². The highest BCUT2D eigenvalue weighted by Gasteiger charge is 2.40. The van der Waals surface area contributed by atoms with Crippen molar-refractivity contribution in [3.8, 4) is 0 Å². The smallest absolute Gasteiger partial charge is 0.256 e. The van der Waals surface area contributed by atoms with Crippen molar-refractivity contribution in [1.82, 2.24) is 9.88 Å². The van der Waals surface area contributed by atoms with Gasteiger partial charge in [0.1, 0.15) is 0 Å². The molecule has 1 aromatic rings. The van der Waals surface area contributed by atoms with Gasteiger partial charge in [-0.25, -0.2) is 0 Å². The standard InChI is InChI=1S/C20H26N2O/c23-20(22-14-16-8-10-17(22)13-16)18-7-4-12-21-19(18)11-9-15-5-2-1-3-6-15/h4,7,9,11-12,15-17H,1-3,5-6,8,10,13-14H2/b11-9+/t16-,17+/m1/s1. The second-order valence-electron chi connectivity index (χ2n) is 7.48. The van der Waals surface area contributed by atoms with E-state index in [1.165, 1.54) is 51.4 Å². The fourth-order valence-electron chi connectivity index (χ4n) is 4.61. The van der Waals surface area contributed by atoms with Crippen LogP contribution in [-0.4, -0.2) is 28.4 Å². The highest BCUT2D eigenvalue weighted by atomic mass is 16.2.